The van der Waals surface area contributed by atoms with Gasteiger partial charge in [0.2, 0.25) is 11.8 Å². The molecule has 140 valence electrons. The molecule has 27 heavy (non-hydrogen) atoms. The third-order valence-corrected chi connectivity index (χ3v) is 6.52. The lowest BCUT2D eigenvalue weighted by atomic mass is 9.75. The van der Waals surface area contributed by atoms with Gasteiger partial charge in [0, 0.05) is 23.9 Å². The summed E-state index contributed by atoms with van der Waals surface area (Å²) >= 11 is 0. The van der Waals surface area contributed by atoms with Gasteiger partial charge in [0.1, 0.15) is 0 Å². The monoisotopic (exact) mass is 365 g/mol. The van der Waals surface area contributed by atoms with Gasteiger partial charge in [-0.3, -0.25) is 9.78 Å². The third-order valence-electron chi connectivity index (χ3n) is 6.52. The van der Waals surface area contributed by atoms with Gasteiger partial charge in [-0.2, -0.15) is 0 Å². The van der Waals surface area contributed by atoms with E-state index >= 15 is 0 Å². The molecule has 5 rings (SSSR count). The molecule has 1 amide bonds. The number of nitrogens with one attached hydrogen (secondary N) is 1. The summed E-state index contributed by atoms with van der Waals surface area (Å²) in [4.78, 5) is 21.8. The van der Waals surface area contributed by atoms with Crippen molar-refractivity contribution in [1.29, 1.82) is 0 Å². The van der Waals surface area contributed by atoms with Gasteiger partial charge in [-0.1, -0.05) is 13.0 Å². The molecule has 1 aliphatic carbocycles. The highest BCUT2D eigenvalue weighted by atomic mass is 16.5. The average Bonchev–Trinajstić information content (AvgIpc) is 3.03. The molecular weight excluding hydrogens is 342 g/mol. The molecule has 6 heteroatoms. The van der Waals surface area contributed by atoms with Gasteiger partial charge >= 0.3 is 0 Å². The number of hydrogen-bond acceptors (Lipinski definition) is 5. The smallest absolute Gasteiger partial charge is 0.230 e. The summed E-state index contributed by atoms with van der Waals surface area (Å²) < 4.78 is 11.4. The molecule has 3 aliphatic rings. The van der Waals surface area contributed by atoms with Gasteiger partial charge in [0.25, 0.3) is 0 Å². The zero-order chi connectivity index (χ0) is 18.7. The number of methoxy groups -OCH3 is 1. The Morgan fingerprint density at radius 2 is 1.93 bits per heavy atom. The highest BCUT2D eigenvalue weighted by molar-refractivity contribution is 5.94. The molecule has 2 aromatic rings. The lowest BCUT2D eigenvalue weighted by Gasteiger charge is -2.27. The van der Waals surface area contributed by atoms with Gasteiger partial charge < -0.3 is 14.8 Å². The Hall–Kier alpha value is -2.47. The minimum atomic E-state index is -0.201. The van der Waals surface area contributed by atoms with E-state index in [-0.39, 0.29) is 30.0 Å². The molecule has 1 N–H and O–H groups in total. The van der Waals surface area contributed by atoms with E-state index in [0.717, 1.165) is 11.3 Å². The quantitative estimate of drug-likeness (QED) is 0.902. The predicted molar refractivity (Wildman–Crippen MR) is 99.4 cm³/mol. The number of rotatable bonds is 4. The van der Waals surface area contributed by atoms with Crippen molar-refractivity contribution in [2.24, 2.45) is 23.7 Å². The van der Waals surface area contributed by atoms with Crippen LogP contribution in [0.1, 0.15) is 24.1 Å². The molecule has 1 saturated carbocycles. The summed E-state index contributed by atoms with van der Waals surface area (Å²) in [6.07, 6.45) is 3.63. The van der Waals surface area contributed by atoms with Crippen molar-refractivity contribution in [3.05, 3.63) is 47.9 Å². The van der Waals surface area contributed by atoms with Crippen molar-refractivity contribution in [3.63, 3.8) is 0 Å². The zero-order valence-electron chi connectivity index (χ0n) is 15.6. The number of ether oxygens (including phenoxy) is 2. The van der Waals surface area contributed by atoms with E-state index in [1.54, 1.807) is 19.4 Å². The van der Waals surface area contributed by atoms with Crippen LogP contribution in [0.15, 0.2) is 36.7 Å². The molecule has 7 atom stereocenters. The molecule has 0 radical (unpaired) electrons. The minimum absolute atomic E-state index is 0.00223. The van der Waals surface area contributed by atoms with Crippen LogP contribution in [0.4, 0.5) is 5.69 Å². The number of carbonyl (C=O) groups is 1. The summed E-state index contributed by atoms with van der Waals surface area (Å²) in [5, 5.41) is 3.03. The Bertz CT molecular complexity index is 867. The number of nitrogens with zero attached hydrogens (tertiary/aromatic N) is 2. The van der Waals surface area contributed by atoms with Gasteiger partial charge in [-0.05, 0) is 42.4 Å². The Morgan fingerprint density at radius 3 is 2.59 bits per heavy atom. The first-order chi connectivity index (χ1) is 13.1. The predicted octanol–water partition coefficient (Wildman–Crippen LogP) is 2.80. The molecule has 2 aromatic heterocycles. The molecule has 4 heterocycles. The molecular formula is C21H23N3O3. The minimum Gasteiger partial charge on any atom is -0.481 e. The van der Waals surface area contributed by atoms with Gasteiger partial charge in [0.05, 0.1) is 37.1 Å². The van der Waals surface area contributed by atoms with Crippen molar-refractivity contribution in [2.45, 2.75) is 32.0 Å². The first-order valence-electron chi connectivity index (χ1n) is 9.47. The molecule has 0 spiro atoms. The van der Waals surface area contributed by atoms with E-state index in [1.807, 2.05) is 25.3 Å². The average molecular weight is 365 g/mol. The molecule has 3 unspecified atom stereocenters. The van der Waals surface area contributed by atoms with Crippen LogP contribution in [-0.2, 0) is 9.53 Å². The van der Waals surface area contributed by atoms with Crippen molar-refractivity contribution >= 4 is 11.6 Å². The molecule has 2 saturated heterocycles. The molecule has 2 bridgehead atoms. The molecule has 3 fully saturated rings. The largest absolute Gasteiger partial charge is 0.481 e. The Labute approximate surface area is 158 Å². The summed E-state index contributed by atoms with van der Waals surface area (Å²) in [5.74, 6) is 2.10. The highest BCUT2D eigenvalue weighted by Crippen LogP contribution is 2.68. The van der Waals surface area contributed by atoms with E-state index in [0.29, 0.717) is 29.3 Å². The van der Waals surface area contributed by atoms with Gasteiger partial charge in [-0.25, -0.2) is 4.98 Å². The number of aromatic nitrogens is 2. The van der Waals surface area contributed by atoms with E-state index in [4.69, 9.17) is 9.47 Å². The maximum absolute atomic E-state index is 13.2. The van der Waals surface area contributed by atoms with Crippen LogP contribution >= 0.6 is 0 Å². The second-order valence-electron chi connectivity index (χ2n) is 7.94. The Kier molecular flexibility index (Phi) is 3.72. The maximum atomic E-state index is 13.2. The third kappa shape index (κ3) is 2.54. The number of carbonyl (C=O) groups excluding carboxylic acids is 1. The summed E-state index contributed by atoms with van der Waals surface area (Å²) in [5.41, 5.74) is 2.74. The Balaban J connectivity index is 1.43. The lowest BCUT2D eigenvalue weighted by molar-refractivity contribution is -0.122. The Morgan fingerprint density at radius 1 is 1.11 bits per heavy atom. The van der Waals surface area contributed by atoms with Crippen LogP contribution in [-0.4, -0.2) is 35.2 Å². The topological polar surface area (TPSA) is 73.3 Å². The van der Waals surface area contributed by atoms with Crippen molar-refractivity contribution in [3.8, 4) is 5.88 Å². The number of aryl methyl sites for hydroxylation is 1. The van der Waals surface area contributed by atoms with Crippen LogP contribution in [0.25, 0.3) is 0 Å². The first kappa shape index (κ1) is 16.7. The summed E-state index contributed by atoms with van der Waals surface area (Å²) in [6, 6.07) is 7.65. The lowest BCUT2D eigenvalue weighted by Crippen LogP contribution is -2.37. The SMILES string of the molecule is COc1ccc(NC(=O)[C@@H]2[C@@H](c3ccc(C)nc3)[C@H]3O[C@@H]2C2C(C)C23)cn1. The van der Waals surface area contributed by atoms with Crippen molar-refractivity contribution in [1.82, 2.24) is 9.97 Å². The van der Waals surface area contributed by atoms with E-state index < -0.39 is 0 Å². The van der Waals surface area contributed by atoms with E-state index in [2.05, 4.69) is 28.3 Å². The second kappa shape index (κ2) is 6.02. The van der Waals surface area contributed by atoms with Gasteiger partial charge in [0.15, 0.2) is 0 Å². The highest BCUT2D eigenvalue weighted by Gasteiger charge is 2.72. The van der Waals surface area contributed by atoms with Crippen LogP contribution in [0, 0.1) is 30.6 Å². The summed E-state index contributed by atoms with van der Waals surface area (Å²) in [6.45, 7) is 4.25. The number of amides is 1. The van der Waals surface area contributed by atoms with Crippen molar-refractivity contribution < 1.29 is 14.3 Å². The second-order valence-corrected chi connectivity index (χ2v) is 7.94. The number of anilines is 1. The van der Waals surface area contributed by atoms with E-state index in [9.17, 15) is 4.79 Å². The fourth-order valence-corrected chi connectivity index (χ4v) is 5.17. The first-order valence-corrected chi connectivity index (χ1v) is 9.47. The normalized spacial score (nSPS) is 35.6. The van der Waals surface area contributed by atoms with E-state index in [1.165, 1.54) is 0 Å². The number of pyridine rings is 2. The fraction of sp³-hybridized carbons (Fsp3) is 0.476. The molecule has 0 aromatic carbocycles. The zero-order valence-corrected chi connectivity index (χ0v) is 15.6. The van der Waals surface area contributed by atoms with Crippen LogP contribution < -0.4 is 10.1 Å². The van der Waals surface area contributed by atoms with Crippen LogP contribution in [0.2, 0.25) is 0 Å². The summed E-state index contributed by atoms with van der Waals surface area (Å²) in [7, 11) is 1.57. The van der Waals surface area contributed by atoms with Crippen molar-refractivity contribution in [2.75, 3.05) is 12.4 Å². The standard InChI is InChI=1S/C21H23N3O3/c1-10-4-5-12(8-22-10)17-18(20-16-11(2)15(16)19(17)27-20)21(25)24-13-6-7-14(26-3)23-9-13/h4-9,11,15-20H,1-3H3,(H,24,25)/t11?,15?,16?,17-,18-,19+,20-/m1/s1. The molecule has 6 nitrogen and oxygen atoms in total. The number of hydrogen-bond donors (Lipinski definition) is 1. The van der Waals surface area contributed by atoms with Crippen LogP contribution in [0.5, 0.6) is 5.88 Å². The maximum Gasteiger partial charge on any atom is 0.230 e. The van der Waals surface area contributed by atoms with Gasteiger partial charge in [-0.15, -0.1) is 0 Å². The fourth-order valence-electron chi connectivity index (χ4n) is 5.17. The molecule has 2 aliphatic heterocycles. The van der Waals surface area contributed by atoms with Crippen LogP contribution in [0.3, 0.4) is 0 Å². The number of fused-ring (bicyclic) bond motifs is 5.